The maximum Gasteiger partial charge on any atom is 0.303 e. The number of aromatic nitrogens is 3. The molecule has 0 spiro atoms. The van der Waals surface area contributed by atoms with Gasteiger partial charge in [-0.25, -0.2) is 0 Å². The molecule has 2 N–H and O–H groups in total. The molecule has 0 saturated carbocycles. The van der Waals surface area contributed by atoms with Crippen LogP contribution in [0.1, 0.15) is 19.0 Å². The Bertz CT molecular complexity index is 477. The van der Waals surface area contributed by atoms with Crippen molar-refractivity contribution in [3.05, 3.63) is 20.8 Å². The monoisotopic (exact) mass is 229 g/mol. The molecule has 1 heterocycles. The molecule has 0 unspecified atom stereocenters. The number of H-pyrrole nitrogens is 1. The van der Waals surface area contributed by atoms with E-state index in [1.807, 2.05) is 0 Å². The Hall–Kier alpha value is -1.50. The van der Waals surface area contributed by atoms with Crippen molar-refractivity contribution in [3.8, 4) is 0 Å². The van der Waals surface area contributed by atoms with Gasteiger partial charge in [-0.05, 0) is 19.1 Å². The van der Waals surface area contributed by atoms with Gasteiger partial charge in [0.2, 0.25) is 0 Å². The van der Waals surface area contributed by atoms with Gasteiger partial charge < -0.3 is 5.11 Å². The van der Waals surface area contributed by atoms with Gasteiger partial charge in [0.05, 0.1) is 6.42 Å². The molecule has 0 fully saturated rings. The second-order valence-corrected chi connectivity index (χ2v) is 3.31. The summed E-state index contributed by atoms with van der Waals surface area (Å²) in [4.78, 5) is 22.0. The predicted octanol–water partition coefficient (Wildman–Crippen LogP) is 0.338. The van der Waals surface area contributed by atoms with Crippen LogP contribution >= 0.6 is 12.2 Å². The number of nitrogens with one attached hydrogen (secondary N) is 1. The van der Waals surface area contributed by atoms with Crippen LogP contribution in [0.25, 0.3) is 0 Å². The topological polar surface area (TPSA) is 88.0 Å². The number of rotatable bonds is 4. The highest BCUT2D eigenvalue weighted by molar-refractivity contribution is 7.71. The number of hydrogen-bond donors (Lipinski definition) is 2. The van der Waals surface area contributed by atoms with E-state index in [0.29, 0.717) is 6.54 Å². The molecule has 7 heteroatoms. The lowest BCUT2D eigenvalue weighted by Crippen LogP contribution is -2.27. The fraction of sp³-hybridized carbons (Fsp3) is 0.500. The van der Waals surface area contributed by atoms with Crippen molar-refractivity contribution in [2.75, 3.05) is 0 Å². The smallest absolute Gasteiger partial charge is 0.303 e. The molecule has 0 saturated heterocycles. The third-order valence-corrected chi connectivity index (χ3v) is 2.23. The second kappa shape index (κ2) is 4.83. The molecule has 0 aromatic carbocycles. The molecule has 1 rings (SSSR count). The van der Waals surface area contributed by atoms with Gasteiger partial charge in [-0.3, -0.25) is 19.3 Å². The van der Waals surface area contributed by atoms with Crippen molar-refractivity contribution < 1.29 is 9.90 Å². The fourth-order valence-electron chi connectivity index (χ4n) is 1.15. The number of hydrogen-bond acceptors (Lipinski definition) is 4. The lowest BCUT2D eigenvalue weighted by Gasteiger charge is -2.03. The number of carbonyl (C=O) groups is 1. The molecule has 0 amide bonds. The third-order valence-electron chi connectivity index (χ3n) is 1.92. The summed E-state index contributed by atoms with van der Waals surface area (Å²) in [6.45, 7) is 2.22. The van der Waals surface area contributed by atoms with Crippen LogP contribution in [-0.2, 0) is 17.8 Å². The number of carboxylic acids is 1. The maximum atomic E-state index is 11.7. The second-order valence-electron chi connectivity index (χ2n) is 2.92. The summed E-state index contributed by atoms with van der Waals surface area (Å²) >= 11 is 4.86. The predicted molar refractivity (Wildman–Crippen MR) is 55.3 cm³/mol. The van der Waals surface area contributed by atoms with Gasteiger partial charge >= 0.3 is 5.97 Å². The van der Waals surface area contributed by atoms with Gasteiger partial charge in [0.25, 0.3) is 5.56 Å². The van der Waals surface area contributed by atoms with Crippen molar-refractivity contribution in [2.24, 2.45) is 0 Å². The van der Waals surface area contributed by atoms with E-state index in [2.05, 4.69) is 10.2 Å². The van der Waals surface area contributed by atoms with E-state index < -0.39 is 5.97 Å². The molecule has 0 aliphatic rings. The fourth-order valence-corrected chi connectivity index (χ4v) is 1.40. The number of aromatic amines is 1. The summed E-state index contributed by atoms with van der Waals surface area (Å²) in [5, 5.41) is 14.7. The zero-order valence-electron chi connectivity index (χ0n) is 8.19. The molecule has 6 nitrogen and oxygen atoms in total. The molecule has 1 aromatic rings. The first-order chi connectivity index (χ1) is 7.06. The SMILES string of the molecule is CCn1c(=S)[nH]nc(CCC(=O)O)c1=O. The van der Waals surface area contributed by atoms with Crippen molar-refractivity contribution >= 4 is 18.2 Å². The van der Waals surface area contributed by atoms with E-state index in [4.69, 9.17) is 17.3 Å². The molecule has 1 aromatic heterocycles. The van der Waals surface area contributed by atoms with Crippen LogP contribution < -0.4 is 5.56 Å². The molecular formula is C8H11N3O3S. The van der Waals surface area contributed by atoms with Gasteiger partial charge in [-0.1, -0.05) is 0 Å². The van der Waals surface area contributed by atoms with Crippen molar-refractivity contribution in [3.63, 3.8) is 0 Å². The Morgan fingerprint density at radius 2 is 2.33 bits per heavy atom. The number of aliphatic carboxylic acids is 1. The van der Waals surface area contributed by atoms with E-state index in [9.17, 15) is 9.59 Å². The van der Waals surface area contributed by atoms with Crippen LogP contribution in [0.2, 0.25) is 0 Å². The first-order valence-corrected chi connectivity index (χ1v) is 4.87. The highest BCUT2D eigenvalue weighted by atomic mass is 32.1. The molecule has 0 aliphatic carbocycles. The van der Waals surface area contributed by atoms with E-state index in [0.717, 1.165) is 0 Å². The van der Waals surface area contributed by atoms with Gasteiger partial charge in [0.15, 0.2) is 4.77 Å². The van der Waals surface area contributed by atoms with Crippen LogP contribution in [0, 0.1) is 4.77 Å². The highest BCUT2D eigenvalue weighted by Crippen LogP contribution is 1.92. The molecule has 0 atom stereocenters. The highest BCUT2D eigenvalue weighted by Gasteiger charge is 2.07. The minimum absolute atomic E-state index is 0.111. The minimum atomic E-state index is -0.957. The summed E-state index contributed by atoms with van der Waals surface area (Å²) in [7, 11) is 0. The van der Waals surface area contributed by atoms with Crippen LogP contribution in [0.5, 0.6) is 0 Å². The van der Waals surface area contributed by atoms with Crippen LogP contribution in [0.3, 0.4) is 0 Å². The van der Waals surface area contributed by atoms with Gasteiger partial charge in [-0.2, -0.15) is 5.10 Å². The average molecular weight is 229 g/mol. The van der Waals surface area contributed by atoms with Crippen LogP contribution in [0.4, 0.5) is 0 Å². The van der Waals surface area contributed by atoms with Gasteiger partial charge in [-0.15, -0.1) is 0 Å². The van der Waals surface area contributed by atoms with E-state index in [1.54, 1.807) is 6.92 Å². The molecule has 0 radical (unpaired) electrons. The van der Waals surface area contributed by atoms with E-state index >= 15 is 0 Å². The lowest BCUT2D eigenvalue weighted by atomic mass is 10.2. The quantitative estimate of drug-likeness (QED) is 0.727. The van der Waals surface area contributed by atoms with Gasteiger partial charge in [0.1, 0.15) is 5.69 Å². The Morgan fingerprint density at radius 3 is 2.87 bits per heavy atom. The summed E-state index contributed by atoms with van der Waals surface area (Å²) in [6.07, 6.45) is -0.00313. The zero-order chi connectivity index (χ0) is 11.4. The molecule has 15 heavy (non-hydrogen) atoms. The van der Waals surface area contributed by atoms with Crippen LogP contribution in [0.15, 0.2) is 4.79 Å². The summed E-state index contributed by atoms with van der Waals surface area (Å²) in [5.74, 6) is -0.957. The molecule has 0 aliphatic heterocycles. The molecule has 0 bridgehead atoms. The maximum absolute atomic E-state index is 11.7. The minimum Gasteiger partial charge on any atom is -0.481 e. The van der Waals surface area contributed by atoms with Crippen molar-refractivity contribution in [1.29, 1.82) is 0 Å². The van der Waals surface area contributed by atoms with E-state index in [-0.39, 0.29) is 28.9 Å². The molecular weight excluding hydrogens is 218 g/mol. The van der Waals surface area contributed by atoms with Gasteiger partial charge in [0, 0.05) is 13.0 Å². The summed E-state index contributed by atoms with van der Waals surface area (Å²) in [6, 6.07) is 0. The largest absolute Gasteiger partial charge is 0.481 e. The Balaban J connectivity index is 3.06. The normalized spacial score (nSPS) is 10.2. The van der Waals surface area contributed by atoms with Crippen molar-refractivity contribution in [2.45, 2.75) is 26.3 Å². The Morgan fingerprint density at radius 1 is 1.67 bits per heavy atom. The summed E-state index contributed by atoms with van der Waals surface area (Å²) in [5.41, 5.74) is -0.115. The number of carboxylic acid groups (broad SMARTS) is 1. The average Bonchev–Trinajstić information content (AvgIpc) is 2.17. The lowest BCUT2D eigenvalue weighted by molar-refractivity contribution is -0.136. The Kier molecular flexibility index (Phi) is 3.73. The van der Waals surface area contributed by atoms with E-state index in [1.165, 1.54) is 4.57 Å². The standard InChI is InChI=1S/C8H11N3O3S/c1-2-11-7(14)5(3-4-6(12)13)9-10-8(11)15/h2-4H2,1H3,(H,10,15)(H,12,13). The third kappa shape index (κ3) is 2.72. The Labute approximate surface area is 90.6 Å². The first kappa shape index (κ1) is 11.6. The first-order valence-electron chi connectivity index (χ1n) is 4.46. The number of nitrogens with zero attached hydrogens (tertiary/aromatic N) is 2. The van der Waals surface area contributed by atoms with Crippen molar-refractivity contribution in [1.82, 2.24) is 14.8 Å². The molecule has 82 valence electrons. The zero-order valence-corrected chi connectivity index (χ0v) is 9.00. The number of aryl methyl sites for hydroxylation is 1. The summed E-state index contributed by atoms with van der Waals surface area (Å²) < 4.78 is 1.60. The van der Waals surface area contributed by atoms with Crippen LogP contribution in [-0.4, -0.2) is 25.8 Å².